The number of nitrogens with one attached hydrogen (secondary N) is 2. The highest BCUT2D eigenvalue weighted by molar-refractivity contribution is 5.74. The molecule has 0 saturated heterocycles. The molecule has 0 atom stereocenters. The second-order valence-corrected chi connectivity index (χ2v) is 4.79. The van der Waals surface area contributed by atoms with Crippen molar-refractivity contribution in [3.8, 4) is 0 Å². The molecule has 18 heavy (non-hydrogen) atoms. The second kappa shape index (κ2) is 6.52. The van der Waals surface area contributed by atoms with Crippen molar-refractivity contribution in [1.82, 2.24) is 20.2 Å². The molecule has 0 unspecified atom stereocenters. The number of rotatable bonds is 7. The lowest BCUT2D eigenvalue weighted by Crippen LogP contribution is -2.32. The van der Waals surface area contributed by atoms with E-state index in [4.69, 9.17) is 0 Å². The molecule has 1 aromatic carbocycles. The lowest BCUT2D eigenvalue weighted by atomic mass is 10.3. The van der Waals surface area contributed by atoms with Gasteiger partial charge >= 0.3 is 0 Å². The second-order valence-electron chi connectivity index (χ2n) is 4.79. The third-order valence-electron chi connectivity index (χ3n) is 2.91. The first-order valence-electron chi connectivity index (χ1n) is 6.61. The summed E-state index contributed by atoms with van der Waals surface area (Å²) in [7, 11) is 0. The SMILES string of the molecule is CC(C)NCCNCCn1cnc2ccccc21. The van der Waals surface area contributed by atoms with E-state index in [1.807, 2.05) is 18.5 Å². The molecule has 4 heteroatoms. The van der Waals surface area contributed by atoms with Gasteiger partial charge in [-0.15, -0.1) is 0 Å². The molecule has 2 rings (SSSR count). The Morgan fingerprint density at radius 3 is 2.83 bits per heavy atom. The maximum Gasteiger partial charge on any atom is 0.0958 e. The Hall–Kier alpha value is -1.39. The Kier molecular flexibility index (Phi) is 4.73. The number of fused-ring (bicyclic) bond motifs is 1. The number of hydrogen-bond acceptors (Lipinski definition) is 3. The van der Waals surface area contributed by atoms with Crippen LogP contribution >= 0.6 is 0 Å². The number of hydrogen-bond donors (Lipinski definition) is 2. The molecule has 0 bridgehead atoms. The van der Waals surface area contributed by atoms with Gasteiger partial charge in [0.1, 0.15) is 0 Å². The van der Waals surface area contributed by atoms with E-state index in [0.717, 1.165) is 31.7 Å². The topological polar surface area (TPSA) is 41.9 Å². The summed E-state index contributed by atoms with van der Waals surface area (Å²) in [6.45, 7) is 8.28. The number of para-hydroxylation sites is 2. The van der Waals surface area contributed by atoms with Gasteiger partial charge in [0, 0.05) is 32.2 Å². The van der Waals surface area contributed by atoms with Crippen LogP contribution in [0.1, 0.15) is 13.8 Å². The number of nitrogens with zero attached hydrogens (tertiary/aromatic N) is 2. The van der Waals surface area contributed by atoms with Crippen LogP contribution in [0.25, 0.3) is 11.0 Å². The lowest BCUT2D eigenvalue weighted by Gasteiger charge is -2.09. The van der Waals surface area contributed by atoms with Crippen LogP contribution in [0.15, 0.2) is 30.6 Å². The predicted octanol–water partition coefficient (Wildman–Crippen LogP) is 1.62. The summed E-state index contributed by atoms with van der Waals surface area (Å²) in [4.78, 5) is 4.38. The molecule has 2 aromatic rings. The van der Waals surface area contributed by atoms with Crippen molar-refractivity contribution in [2.24, 2.45) is 0 Å². The first kappa shape index (κ1) is 13.1. The predicted molar refractivity (Wildman–Crippen MR) is 75.7 cm³/mol. The van der Waals surface area contributed by atoms with Crippen LogP contribution < -0.4 is 10.6 Å². The molecule has 2 N–H and O–H groups in total. The molecule has 0 radical (unpaired) electrons. The van der Waals surface area contributed by atoms with Gasteiger partial charge in [0.25, 0.3) is 0 Å². The van der Waals surface area contributed by atoms with E-state index in [1.165, 1.54) is 5.52 Å². The van der Waals surface area contributed by atoms with Gasteiger partial charge in [-0.05, 0) is 12.1 Å². The van der Waals surface area contributed by atoms with Crippen LogP contribution in [0.3, 0.4) is 0 Å². The summed E-state index contributed by atoms with van der Waals surface area (Å²) < 4.78 is 2.19. The first-order chi connectivity index (χ1) is 8.77. The summed E-state index contributed by atoms with van der Waals surface area (Å²) in [5, 5.41) is 6.82. The summed E-state index contributed by atoms with van der Waals surface area (Å²) in [5.41, 5.74) is 2.28. The third-order valence-corrected chi connectivity index (χ3v) is 2.91. The quantitative estimate of drug-likeness (QED) is 0.730. The fourth-order valence-electron chi connectivity index (χ4n) is 1.96. The Morgan fingerprint density at radius 1 is 1.17 bits per heavy atom. The highest BCUT2D eigenvalue weighted by Crippen LogP contribution is 2.10. The van der Waals surface area contributed by atoms with Crippen LogP contribution in [0.5, 0.6) is 0 Å². The van der Waals surface area contributed by atoms with E-state index in [-0.39, 0.29) is 0 Å². The summed E-state index contributed by atoms with van der Waals surface area (Å²) in [6.07, 6.45) is 1.92. The van der Waals surface area contributed by atoms with Crippen molar-refractivity contribution in [1.29, 1.82) is 0 Å². The van der Waals surface area contributed by atoms with Gasteiger partial charge < -0.3 is 15.2 Å². The molecular weight excluding hydrogens is 224 g/mol. The molecule has 4 nitrogen and oxygen atoms in total. The summed E-state index contributed by atoms with van der Waals surface area (Å²) in [5.74, 6) is 0. The van der Waals surface area contributed by atoms with Crippen molar-refractivity contribution in [2.75, 3.05) is 19.6 Å². The Bertz CT molecular complexity index is 475. The van der Waals surface area contributed by atoms with Crippen LogP contribution in [-0.4, -0.2) is 35.2 Å². The molecule has 0 aliphatic rings. The van der Waals surface area contributed by atoms with Crippen LogP contribution in [0.4, 0.5) is 0 Å². The molecule has 98 valence electrons. The van der Waals surface area contributed by atoms with E-state index in [9.17, 15) is 0 Å². The molecular formula is C14H22N4. The van der Waals surface area contributed by atoms with Crippen molar-refractivity contribution >= 4 is 11.0 Å². The maximum atomic E-state index is 4.38. The van der Waals surface area contributed by atoms with Crippen molar-refractivity contribution in [2.45, 2.75) is 26.4 Å². The van der Waals surface area contributed by atoms with Gasteiger partial charge in [-0.3, -0.25) is 0 Å². The van der Waals surface area contributed by atoms with Gasteiger partial charge in [0.05, 0.1) is 17.4 Å². The lowest BCUT2D eigenvalue weighted by molar-refractivity contribution is 0.540. The van der Waals surface area contributed by atoms with E-state index >= 15 is 0 Å². The average Bonchev–Trinajstić information content (AvgIpc) is 2.77. The van der Waals surface area contributed by atoms with Crippen molar-refractivity contribution in [3.05, 3.63) is 30.6 Å². The Labute approximate surface area is 108 Å². The standard InChI is InChI=1S/C14H22N4/c1-12(2)16-8-7-15-9-10-18-11-17-13-5-3-4-6-14(13)18/h3-6,11-12,15-16H,7-10H2,1-2H3. The normalized spacial score (nSPS) is 11.5. The monoisotopic (exact) mass is 246 g/mol. The fraction of sp³-hybridized carbons (Fsp3) is 0.500. The Balaban J connectivity index is 1.74. The summed E-state index contributed by atoms with van der Waals surface area (Å²) in [6, 6.07) is 8.80. The van der Waals surface area contributed by atoms with E-state index in [0.29, 0.717) is 6.04 Å². The number of imidazole rings is 1. The first-order valence-corrected chi connectivity index (χ1v) is 6.61. The Morgan fingerprint density at radius 2 is 2.00 bits per heavy atom. The maximum absolute atomic E-state index is 4.38. The van der Waals surface area contributed by atoms with Gasteiger partial charge in [0.2, 0.25) is 0 Å². The fourth-order valence-corrected chi connectivity index (χ4v) is 1.96. The van der Waals surface area contributed by atoms with Crippen LogP contribution in [0.2, 0.25) is 0 Å². The number of aromatic nitrogens is 2. The highest BCUT2D eigenvalue weighted by atomic mass is 15.1. The molecule has 0 aliphatic heterocycles. The van der Waals surface area contributed by atoms with Crippen molar-refractivity contribution < 1.29 is 0 Å². The average molecular weight is 246 g/mol. The van der Waals surface area contributed by atoms with Crippen LogP contribution in [0, 0.1) is 0 Å². The minimum absolute atomic E-state index is 0.560. The summed E-state index contributed by atoms with van der Waals surface area (Å²) >= 11 is 0. The van der Waals surface area contributed by atoms with Crippen LogP contribution in [-0.2, 0) is 6.54 Å². The zero-order valence-corrected chi connectivity index (χ0v) is 11.2. The third kappa shape index (κ3) is 3.55. The largest absolute Gasteiger partial charge is 0.329 e. The van der Waals surface area contributed by atoms with Crippen molar-refractivity contribution in [3.63, 3.8) is 0 Å². The number of benzene rings is 1. The van der Waals surface area contributed by atoms with E-state index in [1.54, 1.807) is 0 Å². The van der Waals surface area contributed by atoms with E-state index < -0.39 is 0 Å². The zero-order valence-electron chi connectivity index (χ0n) is 11.2. The van der Waals surface area contributed by atoms with Gasteiger partial charge in [-0.1, -0.05) is 26.0 Å². The molecule has 0 fully saturated rings. The molecule has 0 spiro atoms. The molecule has 1 heterocycles. The molecule has 0 aliphatic carbocycles. The smallest absolute Gasteiger partial charge is 0.0958 e. The van der Waals surface area contributed by atoms with Gasteiger partial charge in [-0.2, -0.15) is 0 Å². The molecule has 0 saturated carbocycles. The van der Waals surface area contributed by atoms with Gasteiger partial charge in [-0.25, -0.2) is 4.98 Å². The zero-order chi connectivity index (χ0) is 12.8. The minimum Gasteiger partial charge on any atom is -0.329 e. The molecule has 0 amide bonds. The highest BCUT2D eigenvalue weighted by Gasteiger charge is 2.00. The van der Waals surface area contributed by atoms with E-state index in [2.05, 4.69) is 46.2 Å². The van der Waals surface area contributed by atoms with Gasteiger partial charge in [0.15, 0.2) is 0 Å². The minimum atomic E-state index is 0.560. The molecule has 1 aromatic heterocycles.